The molecule has 0 heterocycles. The lowest BCUT2D eigenvalue weighted by atomic mass is 9.94. The average Bonchev–Trinajstić information content (AvgIpc) is 2.27. The van der Waals surface area contributed by atoms with Crippen molar-refractivity contribution in [1.82, 2.24) is 0 Å². The number of ketones is 1. The molecule has 0 spiro atoms. The maximum Gasteiger partial charge on any atom is 0.269 e. The predicted octanol–water partition coefficient (Wildman–Crippen LogP) is 1.85. The first-order valence-electron chi connectivity index (χ1n) is 4.86. The number of non-ortho nitro benzene ring substituents is 1. The number of nitro groups is 1. The first-order chi connectivity index (χ1) is 7.43. The highest BCUT2D eigenvalue weighted by Gasteiger charge is 2.20. The van der Waals surface area contributed by atoms with Crippen LogP contribution in [0.25, 0.3) is 0 Å². The highest BCUT2D eigenvalue weighted by Crippen LogP contribution is 2.24. The van der Waals surface area contributed by atoms with Gasteiger partial charge in [-0.1, -0.05) is 6.92 Å². The molecule has 0 fully saturated rings. The maximum atomic E-state index is 11.1. The van der Waals surface area contributed by atoms with Gasteiger partial charge in [0.05, 0.1) is 11.0 Å². The molecule has 1 aromatic carbocycles. The molecule has 16 heavy (non-hydrogen) atoms. The summed E-state index contributed by atoms with van der Waals surface area (Å²) in [7, 11) is 0. The van der Waals surface area contributed by atoms with E-state index < -0.39 is 16.9 Å². The molecule has 1 N–H and O–H groups in total. The summed E-state index contributed by atoms with van der Waals surface area (Å²) in [5.41, 5.74) is 0.472. The Morgan fingerprint density at radius 1 is 1.38 bits per heavy atom. The van der Waals surface area contributed by atoms with Crippen LogP contribution in [0.15, 0.2) is 24.3 Å². The molecule has 86 valence electrons. The summed E-state index contributed by atoms with van der Waals surface area (Å²) in [6.45, 7) is 3.02. The minimum Gasteiger partial charge on any atom is -0.388 e. The first kappa shape index (κ1) is 12.3. The second-order valence-corrected chi connectivity index (χ2v) is 3.69. The van der Waals surface area contributed by atoms with Crippen molar-refractivity contribution in [3.05, 3.63) is 39.9 Å². The van der Waals surface area contributed by atoms with E-state index in [4.69, 9.17) is 0 Å². The number of carbonyl (C=O) groups is 1. The van der Waals surface area contributed by atoms with Crippen LogP contribution in [0.2, 0.25) is 0 Å². The molecular formula is C11H13NO4. The van der Waals surface area contributed by atoms with Gasteiger partial charge in [-0.3, -0.25) is 14.9 Å². The predicted molar refractivity (Wildman–Crippen MR) is 57.9 cm³/mol. The van der Waals surface area contributed by atoms with E-state index in [1.54, 1.807) is 6.92 Å². The van der Waals surface area contributed by atoms with Crippen molar-refractivity contribution in [3.63, 3.8) is 0 Å². The third-order valence-corrected chi connectivity index (χ3v) is 2.56. The maximum absolute atomic E-state index is 11.1. The molecule has 5 heteroatoms. The summed E-state index contributed by atoms with van der Waals surface area (Å²) < 4.78 is 0. The van der Waals surface area contributed by atoms with Gasteiger partial charge in [0.1, 0.15) is 5.78 Å². The fourth-order valence-electron chi connectivity index (χ4n) is 1.30. The van der Waals surface area contributed by atoms with Crippen LogP contribution in [0.5, 0.6) is 0 Å². The Bertz CT molecular complexity index is 399. The molecule has 0 aliphatic carbocycles. The van der Waals surface area contributed by atoms with E-state index in [0.717, 1.165) is 0 Å². The number of hydrogen-bond donors (Lipinski definition) is 1. The summed E-state index contributed by atoms with van der Waals surface area (Å²) in [6, 6.07) is 5.54. The SMILES string of the molecule is CC(=O)[C@@H](C)[C@H](O)c1ccc([N+](=O)[O-])cc1. The number of Topliss-reactive ketones (excluding diaryl/α,β-unsaturated/α-hetero) is 1. The molecule has 0 unspecified atom stereocenters. The average molecular weight is 223 g/mol. The standard InChI is InChI=1S/C11H13NO4/c1-7(8(2)13)11(14)9-3-5-10(6-4-9)12(15)16/h3-7,11,14H,1-2H3/t7-,11+/m1/s1. The van der Waals surface area contributed by atoms with Crippen LogP contribution in [-0.2, 0) is 4.79 Å². The smallest absolute Gasteiger partial charge is 0.269 e. The molecule has 2 atom stereocenters. The molecule has 0 aliphatic rings. The number of rotatable bonds is 4. The van der Waals surface area contributed by atoms with Gasteiger partial charge >= 0.3 is 0 Å². The van der Waals surface area contributed by atoms with E-state index in [0.29, 0.717) is 5.56 Å². The molecule has 0 bridgehead atoms. The highest BCUT2D eigenvalue weighted by atomic mass is 16.6. The Hall–Kier alpha value is -1.75. The van der Waals surface area contributed by atoms with Crippen LogP contribution in [0.4, 0.5) is 5.69 Å². The van der Waals surface area contributed by atoms with Gasteiger partial charge in [0.15, 0.2) is 0 Å². The molecule has 0 saturated carbocycles. The Balaban J connectivity index is 2.89. The number of aliphatic hydroxyl groups is 1. The third kappa shape index (κ3) is 2.64. The molecule has 0 saturated heterocycles. The van der Waals surface area contributed by atoms with Gasteiger partial charge in [0.2, 0.25) is 0 Å². The van der Waals surface area contributed by atoms with Crippen molar-refractivity contribution in [1.29, 1.82) is 0 Å². The molecule has 1 rings (SSSR count). The van der Waals surface area contributed by atoms with Gasteiger partial charge in [-0.15, -0.1) is 0 Å². The minimum atomic E-state index is -0.918. The summed E-state index contributed by atoms with van der Waals surface area (Å²) in [6.07, 6.45) is -0.918. The topological polar surface area (TPSA) is 80.4 Å². The van der Waals surface area contributed by atoms with Crippen LogP contribution >= 0.6 is 0 Å². The first-order valence-corrected chi connectivity index (χ1v) is 4.86. The van der Waals surface area contributed by atoms with Crippen molar-refractivity contribution < 1.29 is 14.8 Å². The van der Waals surface area contributed by atoms with Crippen LogP contribution in [0.1, 0.15) is 25.5 Å². The Labute approximate surface area is 92.9 Å². The lowest BCUT2D eigenvalue weighted by molar-refractivity contribution is -0.384. The van der Waals surface area contributed by atoms with Crippen LogP contribution in [0.3, 0.4) is 0 Å². The van der Waals surface area contributed by atoms with Crippen molar-refractivity contribution >= 4 is 11.5 Å². The lowest BCUT2D eigenvalue weighted by Crippen LogP contribution is -2.16. The molecule has 1 aromatic rings. The van der Waals surface area contributed by atoms with E-state index >= 15 is 0 Å². The van der Waals surface area contributed by atoms with E-state index in [2.05, 4.69) is 0 Å². The van der Waals surface area contributed by atoms with Crippen molar-refractivity contribution in [2.45, 2.75) is 20.0 Å². The Kier molecular flexibility index (Phi) is 3.73. The van der Waals surface area contributed by atoms with Gasteiger partial charge in [0, 0.05) is 18.1 Å². The zero-order valence-electron chi connectivity index (χ0n) is 9.08. The second kappa shape index (κ2) is 4.85. The van der Waals surface area contributed by atoms with Crippen molar-refractivity contribution in [3.8, 4) is 0 Å². The largest absolute Gasteiger partial charge is 0.388 e. The molecule has 0 amide bonds. The Morgan fingerprint density at radius 2 is 1.88 bits per heavy atom. The highest BCUT2D eigenvalue weighted by molar-refractivity contribution is 5.78. The summed E-state index contributed by atoms with van der Waals surface area (Å²) in [4.78, 5) is 21.0. The van der Waals surface area contributed by atoms with Crippen LogP contribution in [0, 0.1) is 16.0 Å². The zero-order chi connectivity index (χ0) is 12.3. The van der Waals surface area contributed by atoms with Crippen LogP contribution < -0.4 is 0 Å². The van der Waals surface area contributed by atoms with E-state index in [-0.39, 0.29) is 11.5 Å². The number of aliphatic hydroxyl groups excluding tert-OH is 1. The minimum absolute atomic E-state index is 0.0357. The molecule has 0 radical (unpaired) electrons. The fourth-order valence-corrected chi connectivity index (χ4v) is 1.30. The molecule has 0 aliphatic heterocycles. The quantitative estimate of drug-likeness (QED) is 0.624. The Morgan fingerprint density at radius 3 is 2.25 bits per heavy atom. The van der Waals surface area contributed by atoms with Crippen molar-refractivity contribution in [2.24, 2.45) is 5.92 Å². The summed E-state index contributed by atoms with van der Waals surface area (Å²) in [5, 5.41) is 20.2. The number of hydrogen-bond acceptors (Lipinski definition) is 4. The van der Waals surface area contributed by atoms with Gasteiger partial charge in [-0.25, -0.2) is 0 Å². The van der Waals surface area contributed by atoms with Gasteiger partial charge in [0.25, 0.3) is 5.69 Å². The summed E-state index contributed by atoms with van der Waals surface area (Å²) in [5.74, 6) is -0.632. The van der Waals surface area contributed by atoms with Gasteiger partial charge < -0.3 is 5.11 Å². The number of benzene rings is 1. The van der Waals surface area contributed by atoms with Gasteiger partial charge in [-0.05, 0) is 24.6 Å². The third-order valence-electron chi connectivity index (χ3n) is 2.56. The zero-order valence-corrected chi connectivity index (χ0v) is 9.08. The van der Waals surface area contributed by atoms with Crippen molar-refractivity contribution in [2.75, 3.05) is 0 Å². The van der Waals surface area contributed by atoms with E-state index in [1.807, 2.05) is 0 Å². The number of nitro benzene ring substituents is 1. The number of nitrogens with zero attached hydrogens (tertiary/aromatic N) is 1. The molecule has 5 nitrogen and oxygen atoms in total. The van der Waals surface area contributed by atoms with E-state index in [1.165, 1.54) is 31.2 Å². The van der Waals surface area contributed by atoms with Gasteiger partial charge in [-0.2, -0.15) is 0 Å². The fraction of sp³-hybridized carbons (Fsp3) is 0.364. The van der Waals surface area contributed by atoms with Crippen LogP contribution in [-0.4, -0.2) is 15.8 Å². The van der Waals surface area contributed by atoms with E-state index in [9.17, 15) is 20.0 Å². The monoisotopic (exact) mass is 223 g/mol. The number of carbonyl (C=O) groups excluding carboxylic acids is 1. The normalized spacial score (nSPS) is 14.2. The summed E-state index contributed by atoms with van der Waals surface area (Å²) >= 11 is 0. The lowest BCUT2D eigenvalue weighted by Gasteiger charge is -2.16. The molecular weight excluding hydrogens is 210 g/mol. The second-order valence-electron chi connectivity index (χ2n) is 3.69. The molecule has 0 aromatic heterocycles.